The van der Waals surface area contributed by atoms with Gasteiger partial charge in [-0.1, -0.05) is 5.16 Å². The molecule has 0 bridgehead atoms. The van der Waals surface area contributed by atoms with Crippen LogP contribution in [0.25, 0.3) is 0 Å². The highest BCUT2D eigenvalue weighted by Crippen LogP contribution is 2.20. The summed E-state index contributed by atoms with van der Waals surface area (Å²) in [5.41, 5.74) is 2.13. The van der Waals surface area contributed by atoms with Crippen LogP contribution in [0.4, 0.5) is 0 Å². The first-order chi connectivity index (χ1) is 8.61. The fourth-order valence-electron chi connectivity index (χ4n) is 1.74. The van der Waals surface area contributed by atoms with E-state index < -0.39 is 0 Å². The van der Waals surface area contributed by atoms with Crippen LogP contribution in [0.1, 0.15) is 30.0 Å². The van der Waals surface area contributed by atoms with E-state index in [4.69, 9.17) is 4.52 Å². The Morgan fingerprint density at radius 3 is 2.72 bits per heavy atom. The molecule has 2 rings (SSSR count). The number of aromatic nitrogens is 4. The van der Waals surface area contributed by atoms with Gasteiger partial charge in [-0.3, -0.25) is 4.68 Å². The van der Waals surface area contributed by atoms with Gasteiger partial charge in [-0.05, 0) is 36.7 Å². The molecule has 18 heavy (non-hydrogen) atoms. The summed E-state index contributed by atoms with van der Waals surface area (Å²) in [5, 5.41) is 11.5. The Morgan fingerprint density at radius 1 is 1.33 bits per heavy atom. The zero-order chi connectivity index (χ0) is 13.1. The molecule has 2 aromatic rings. The maximum atomic E-state index is 5.04. The molecular weight excluding hydrogens is 298 g/mol. The van der Waals surface area contributed by atoms with Crippen LogP contribution in [0.3, 0.4) is 0 Å². The monoisotopic (exact) mass is 313 g/mol. The molecule has 0 saturated carbocycles. The van der Waals surface area contributed by atoms with Crippen LogP contribution in [-0.2, 0) is 19.6 Å². The molecule has 0 amide bonds. The molecule has 0 atom stereocenters. The number of rotatable bonds is 5. The Kier molecular flexibility index (Phi) is 4.13. The molecule has 0 fully saturated rings. The van der Waals surface area contributed by atoms with Crippen molar-refractivity contribution in [2.45, 2.75) is 40.4 Å². The Morgan fingerprint density at radius 2 is 2.11 bits per heavy atom. The van der Waals surface area contributed by atoms with Gasteiger partial charge in [0.05, 0.1) is 22.4 Å². The third kappa shape index (κ3) is 2.78. The maximum absolute atomic E-state index is 5.04. The molecule has 0 spiro atoms. The van der Waals surface area contributed by atoms with Crippen LogP contribution >= 0.6 is 15.9 Å². The van der Waals surface area contributed by atoms with Crippen LogP contribution in [0.15, 0.2) is 9.00 Å². The standard InChI is InChI=1S/C11H16BrN5O/c1-4-17-9(11(12)7(2)15-17)5-13-6-10-14-8(3)16-18-10/h13H,4-6H2,1-3H3. The van der Waals surface area contributed by atoms with Crippen molar-refractivity contribution in [3.8, 4) is 0 Å². The van der Waals surface area contributed by atoms with E-state index in [1.807, 2.05) is 11.6 Å². The van der Waals surface area contributed by atoms with E-state index in [2.05, 4.69) is 43.4 Å². The smallest absolute Gasteiger partial charge is 0.240 e. The highest BCUT2D eigenvalue weighted by atomic mass is 79.9. The number of halogens is 1. The summed E-state index contributed by atoms with van der Waals surface area (Å²) in [6, 6.07) is 0. The van der Waals surface area contributed by atoms with Gasteiger partial charge < -0.3 is 9.84 Å². The lowest BCUT2D eigenvalue weighted by Crippen LogP contribution is -2.16. The molecule has 0 aliphatic carbocycles. The van der Waals surface area contributed by atoms with E-state index in [-0.39, 0.29) is 0 Å². The predicted molar refractivity (Wildman–Crippen MR) is 69.9 cm³/mol. The largest absolute Gasteiger partial charge is 0.338 e. The summed E-state index contributed by atoms with van der Waals surface area (Å²) in [4.78, 5) is 4.14. The predicted octanol–water partition coefficient (Wildman–Crippen LogP) is 1.96. The molecule has 0 radical (unpaired) electrons. The summed E-state index contributed by atoms with van der Waals surface area (Å²) in [7, 11) is 0. The van der Waals surface area contributed by atoms with Crippen molar-refractivity contribution in [3.63, 3.8) is 0 Å². The molecule has 98 valence electrons. The van der Waals surface area contributed by atoms with Crippen molar-refractivity contribution >= 4 is 15.9 Å². The lowest BCUT2D eigenvalue weighted by atomic mass is 10.3. The van der Waals surface area contributed by atoms with E-state index in [1.54, 1.807) is 6.92 Å². The maximum Gasteiger partial charge on any atom is 0.240 e. The first-order valence-corrected chi connectivity index (χ1v) is 6.62. The minimum absolute atomic E-state index is 0.557. The third-order valence-electron chi connectivity index (χ3n) is 2.59. The summed E-state index contributed by atoms with van der Waals surface area (Å²) in [6.07, 6.45) is 0. The van der Waals surface area contributed by atoms with E-state index >= 15 is 0 Å². The molecule has 6 nitrogen and oxygen atoms in total. The van der Waals surface area contributed by atoms with Crippen molar-refractivity contribution in [2.24, 2.45) is 0 Å². The highest BCUT2D eigenvalue weighted by Gasteiger charge is 2.11. The lowest BCUT2D eigenvalue weighted by molar-refractivity contribution is 0.363. The third-order valence-corrected chi connectivity index (χ3v) is 3.62. The van der Waals surface area contributed by atoms with Crippen LogP contribution in [0.2, 0.25) is 0 Å². The minimum atomic E-state index is 0.557. The number of nitrogens with zero attached hydrogens (tertiary/aromatic N) is 4. The van der Waals surface area contributed by atoms with Gasteiger partial charge in [-0.2, -0.15) is 10.1 Å². The summed E-state index contributed by atoms with van der Waals surface area (Å²) in [6.45, 7) is 7.98. The van der Waals surface area contributed by atoms with Gasteiger partial charge in [0.25, 0.3) is 0 Å². The Labute approximate surface area is 114 Å². The molecule has 0 aliphatic rings. The average molecular weight is 314 g/mol. The second-order valence-corrected chi connectivity index (χ2v) is 4.79. The zero-order valence-electron chi connectivity index (χ0n) is 10.7. The molecule has 7 heteroatoms. The van der Waals surface area contributed by atoms with Crippen LogP contribution in [-0.4, -0.2) is 19.9 Å². The Hall–Kier alpha value is -1.21. The van der Waals surface area contributed by atoms with Gasteiger partial charge in [-0.15, -0.1) is 0 Å². The highest BCUT2D eigenvalue weighted by molar-refractivity contribution is 9.10. The SMILES string of the molecule is CCn1nc(C)c(Br)c1CNCc1nc(C)no1. The summed E-state index contributed by atoms with van der Waals surface area (Å²) in [5.74, 6) is 1.25. The zero-order valence-corrected chi connectivity index (χ0v) is 12.3. The second kappa shape index (κ2) is 5.62. The molecule has 0 saturated heterocycles. The van der Waals surface area contributed by atoms with E-state index in [0.717, 1.165) is 22.4 Å². The van der Waals surface area contributed by atoms with E-state index in [9.17, 15) is 0 Å². The van der Waals surface area contributed by atoms with Crippen molar-refractivity contribution in [1.29, 1.82) is 0 Å². The fraction of sp³-hybridized carbons (Fsp3) is 0.545. The van der Waals surface area contributed by atoms with Crippen LogP contribution in [0, 0.1) is 13.8 Å². The van der Waals surface area contributed by atoms with Gasteiger partial charge in [-0.25, -0.2) is 0 Å². The van der Waals surface area contributed by atoms with Crippen molar-refractivity contribution in [3.05, 3.63) is 27.6 Å². The molecule has 0 unspecified atom stereocenters. The van der Waals surface area contributed by atoms with E-state index in [1.165, 1.54) is 0 Å². The number of nitrogens with one attached hydrogen (secondary N) is 1. The molecule has 1 N–H and O–H groups in total. The van der Waals surface area contributed by atoms with Crippen molar-refractivity contribution < 1.29 is 4.52 Å². The molecule has 2 heterocycles. The van der Waals surface area contributed by atoms with Gasteiger partial charge in [0.1, 0.15) is 0 Å². The second-order valence-electron chi connectivity index (χ2n) is 4.00. The Bertz CT molecular complexity index is 534. The van der Waals surface area contributed by atoms with E-state index in [0.29, 0.717) is 24.8 Å². The lowest BCUT2D eigenvalue weighted by Gasteiger charge is -2.05. The normalized spacial score (nSPS) is 11.1. The van der Waals surface area contributed by atoms with Crippen LogP contribution in [0.5, 0.6) is 0 Å². The van der Waals surface area contributed by atoms with Gasteiger partial charge >= 0.3 is 0 Å². The number of hydrogen-bond donors (Lipinski definition) is 1. The summed E-state index contributed by atoms with van der Waals surface area (Å²) < 4.78 is 8.07. The van der Waals surface area contributed by atoms with Gasteiger partial charge in [0, 0.05) is 13.1 Å². The quantitative estimate of drug-likeness (QED) is 0.913. The van der Waals surface area contributed by atoms with Crippen molar-refractivity contribution in [1.82, 2.24) is 25.2 Å². The first-order valence-electron chi connectivity index (χ1n) is 5.83. The van der Waals surface area contributed by atoms with Gasteiger partial charge in [0.2, 0.25) is 5.89 Å². The molecule has 0 aromatic carbocycles. The molecule has 2 aromatic heterocycles. The van der Waals surface area contributed by atoms with Crippen molar-refractivity contribution in [2.75, 3.05) is 0 Å². The summed E-state index contributed by atoms with van der Waals surface area (Å²) >= 11 is 3.56. The Balaban J connectivity index is 1.98. The molecule has 0 aliphatic heterocycles. The number of aryl methyl sites for hydroxylation is 3. The fourth-order valence-corrected chi connectivity index (χ4v) is 2.16. The molecular formula is C11H16BrN5O. The van der Waals surface area contributed by atoms with Crippen LogP contribution < -0.4 is 5.32 Å². The minimum Gasteiger partial charge on any atom is -0.338 e. The first kappa shape index (κ1) is 13.2. The van der Waals surface area contributed by atoms with Gasteiger partial charge in [0.15, 0.2) is 5.82 Å². The number of hydrogen-bond acceptors (Lipinski definition) is 5. The topological polar surface area (TPSA) is 68.8 Å². The average Bonchev–Trinajstić information content (AvgIpc) is 2.87.